The summed E-state index contributed by atoms with van der Waals surface area (Å²) in [5, 5.41) is 5.75. The third-order valence-electron chi connectivity index (χ3n) is 3.45. The van der Waals surface area contributed by atoms with Gasteiger partial charge in [0.15, 0.2) is 0 Å². The van der Waals surface area contributed by atoms with Crippen LogP contribution in [0.1, 0.15) is 43.1 Å². The Hall–Kier alpha value is -1.19. The average molecular weight is 274 g/mol. The molecule has 102 valence electrons. The fourth-order valence-corrected chi connectivity index (χ4v) is 2.81. The Kier molecular flexibility index (Phi) is 5.55. The van der Waals surface area contributed by atoms with Crippen molar-refractivity contribution in [3.63, 3.8) is 0 Å². The van der Waals surface area contributed by atoms with Crippen LogP contribution in [0, 0.1) is 0 Å². The number of hydrogen-bond acceptors (Lipinski definition) is 3. The lowest BCUT2D eigenvalue weighted by atomic mass is 10.0. The third-order valence-corrected chi connectivity index (χ3v) is 4.09. The molecule has 0 radical (unpaired) electrons. The van der Waals surface area contributed by atoms with E-state index in [-0.39, 0.29) is 0 Å². The van der Waals surface area contributed by atoms with Gasteiger partial charge < -0.3 is 5.32 Å². The van der Waals surface area contributed by atoms with E-state index in [9.17, 15) is 0 Å². The van der Waals surface area contributed by atoms with Crippen molar-refractivity contribution in [1.82, 2.24) is 10.3 Å². The van der Waals surface area contributed by atoms with Crippen molar-refractivity contribution in [3.05, 3.63) is 52.0 Å². The maximum atomic E-state index is 4.31. The Morgan fingerprint density at radius 3 is 2.58 bits per heavy atom. The van der Waals surface area contributed by atoms with E-state index >= 15 is 0 Å². The van der Waals surface area contributed by atoms with E-state index in [0.29, 0.717) is 6.04 Å². The molecule has 1 heterocycles. The second-order valence-corrected chi connectivity index (χ2v) is 5.46. The lowest BCUT2D eigenvalue weighted by molar-refractivity contribution is 0.521. The van der Waals surface area contributed by atoms with Gasteiger partial charge in [0.05, 0.1) is 11.2 Å². The van der Waals surface area contributed by atoms with E-state index < -0.39 is 0 Å². The Bertz CT molecular complexity index is 462. The maximum Gasteiger partial charge on any atom is 0.0794 e. The maximum absolute atomic E-state index is 4.31. The molecule has 0 saturated carbocycles. The van der Waals surface area contributed by atoms with E-state index in [0.717, 1.165) is 25.8 Å². The lowest BCUT2D eigenvalue weighted by Gasteiger charge is -2.17. The Morgan fingerprint density at radius 2 is 2.00 bits per heavy atom. The van der Waals surface area contributed by atoms with Crippen molar-refractivity contribution < 1.29 is 0 Å². The first-order chi connectivity index (χ1) is 9.33. The van der Waals surface area contributed by atoms with Crippen LogP contribution in [0.2, 0.25) is 0 Å². The quantitative estimate of drug-likeness (QED) is 0.826. The van der Waals surface area contributed by atoms with Crippen molar-refractivity contribution in [2.45, 2.75) is 39.2 Å². The second-order valence-electron chi connectivity index (χ2n) is 4.74. The zero-order valence-corrected chi connectivity index (χ0v) is 12.5. The summed E-state index contributed by atoms with van der Waals surface area (Å²) in [5.41, 5.74) is 5.88. The second kappa shape index (κ2) is 7.41. The molecule has 3 heteroatoms. The van der Waals surface area contributed by atoms with Gasteiger partial charge in [-0.15, -0.1) is 11.3 Å². The van der Waals surface area contributed by atoms with Gasteiger partial charge in [-0.1, -0.05) is 38.1 Å². The van der Waals surface area contributed by atoms with Crippen LogP contribution < -0.4 is 5.32 Å². The molecule has 2 rings (SSSR count). The molecule has 0 aliphatic rings. The standard InChI is InChI=1S/C16H22N2S/c1-3-13-5-7-14(8-6-13)16(4-2)17-10-9-15-11-19-12-18-15/h5-8,11-12,16-17H,3-4,9-10H2,1-2H3. The summed E-state index contributed by atoms with van der Waals surface area (Å²) in [6, 6.07) is 9.43. The molecular formula is C16H22N2S. The number of aryl methyl sites for hydroxylation is 1. The molecule has 1 atom stereocenters. The van der Waals surface area contributed by atoms with Crippen LogP contribution in [-0.2, 0) is 12.8 Å². The highest BCUT2D eigenvalue weighted by Crippen LogP contribution is 2.17. The molecule has 2 aromatic rings. The van der Waals surface area contributed by atoms with Crippen molar-refractivity contribution in [2.24, 2.45) is 0 Å². The average Bonchev–Trinajstić information content (AvgIpc) is 2.97. The SMILES string of the molecule is CCc1ccc(C(CC)NCCc2cscn2)cc1. The molecular weight excluding hydrogens is 252 g/mol. The van der Waals surface area contributed by atoms with Crippen molar-refractivity contribution in [2.75, 3.05) is 6.54 Å². The summed E-state index contributed by atoms with van der Waals surface area (Å²) in [5.74, 6) is 0. The fraction of sp³-hybridized carbons (Fsp3) is 0.438. The summed E-state index contributed by atoms with van der Waals surface area (Å²) in [4.78, 5) is 4.31. The molecule has 1 N–H and O–H groups in total. The minimum Gasteiger partial charge on any atom is -0.310 e. The Morgan fingerprint density at radius 1 is 1.21 bits per heavy atom. The van der Waals surface area contributed by atoms with Crippen LogP contribution >= 0.6 is 11.3 Å². The number of nitrogens with zero attached hydrogens (tertiary/aromatic N) is 1. The van der Waals surface area contributed by atoms with Gasteiger partial charge in [0, 0.05) is 24.4 Å². The van der Waals surface area contributed by atoms with Crippen LogP contribution in [0.4, 0.5) is 0 Å². The molecule has 0 spiro atoms. The first kappa shape index (κ1) is 14.2. The molecule has 1 unspecified atom stereocenters. The number of aromatic nitrogens is 1. The van der Waals surface area contributed by atoms with Crippen molar-refractivity contribution in [3.8, 4) is 0 Å². The Balaban J connectivity index is 1.88. The highest BCUT2D eigenvalue weighted by atomic mass is 32.1. The van der Waals surface area contributed by atoms with Crippen LogP contribution in [0.3, 0.4) is 0 Å². The normalized spacial score (nSPS) is 12.5. The molecule has 19 heavy (non-hydrogen) atoms. The largest absolute Gasteiger partial charge is 0.310 e. The number of nitrogens with one attached hydrogen (secondary N) is 1. The summed E-state index contributed by atoms with van der Waals surface area (Å²) >= 11 is 1.67. The summed E-state index contributed by atoms with van der Waals surface area (Å²) < 4.78 is 0. The van der Waals surface area contributed by atoms with Gasteiger partial charge >= 0.3 is 0 Å². The van der Waals surface area contributed by atoms with Gasteiger partial charge in [0.2, 0.25) is 0 Å². The lowest BCUT2D eigenvalue weighted by Crippen LogP contribution is -2.23. The zero-order chi connectivity index (χ0) is 13.5. The molecule has 0 bridgehead atoms. The third kappa shape index (κ3) is 4.15. The number of rotatable bonds is 7. The van der Waals surface area contributed by atoms with Crippen molar-refractivity contribution in [1.29, 1.82) is 0 Å². The van der Waals surface area contributed by atoms with Gasteiger partial charge in [0.1, 0.15) is 0 Å². The first-order valence-electron chi connectivity index (χ1n) is 7.02. The predicted octanol–water partition coefficient (Wildman–Crippen LogP) is 3.99. The number of thiazole rings is 1. The van der Waals surface area contributed by atoms with Gasteiger partial charge in [0.25, 0.3) is 0 Å². The molecule has 0 amide bonds. The predicted molar refractivity (Wildman–Crippen MR) is 82.7 cm³/mol. The molecule has 0 aliphatic heterocycles. The smallest absolute Gasteiger partial charge is 0.0794 e. The van der Waals surface area contributed by atoms with Crippen LogP contribution in [0.25, 0.3) is 0 Å². The van der Waals surface area contributed by atoms with Gasteiger partial charge in [-0.2, -0.15) is 0 Å². The highest BCUT2D eigenvalue weighted by Gasteiger charge is 2.08. The molecule has 0 aliphatic carbocycles. The molecule has 0 saturated heterocycles. The monoisotopic (exact) mass is 274 g/mol. The number of benzene rings is 1. The van der Waals surface area contributed by atoms with Crippen LogP contribution in [0.5, 0.6) is 0 Å². The van der Waals surface area contributed by atoms with E-state index in [1.165, 1.54) is 16.8 Å². The van der Waals surface area contributed by atoms with Crippen LogP contribution in [0.15, 0.2) is 35.2 Å². The van der Waals surface area contributed by atoms with E-state index in [2.05, 4.69) is 53.8 Å². The summed E-state index contributed by atoms with van der Waals surface area (Å²) in [7, 11) is 0. The van der Waals surface area contributed by atoms with E-state index in [1.54, 1.807) is 11.3 Å². The summed E-state index contributed by atoms with van der Waals surface area (Å²) in [6.07, 6.45) is 3.23. The molecule has 2 nitrogen and oxygen atoms in total. The summed E-state index contributed by atoms with van der Waals surface area (Å²) in [6.45, 7) is 5.41. The minimum absolute atomic E-state index is 0.449. The van der Waals surface area contributed by atoms with Gasteiger partial charge in [-0.05, 0) is 24.0 Å². The topological polar surface area (TPSA) is 24.9 Å². The molecule has 0 fully saturated rings. The van der Waals surface area contributed by atoms with Crippen LogP contribution in [-0.4, -0.2) is 11.5 Å². The molecule has 1 aromatic heterocycles. The fourth-order valence-electron chi connectivity index (χ4n) is 2.22. The highest BCUT2D eigenvalue weighted by molar-refractivity contribution is 7.07. The molecule has 1 aromatic carbocycles. The Labute approximate surface area is 119 Å². The first-order valence-corrected chi connectivity index (χ1v) is 7.97. The van der Waals surface area contributed by atoms with Crippen molar-refractivity contribution >= 4 is 11.3 Å². The van der Waals surface area contributed by atoms with Gasteiger partial charge in [-0.25, -0.2) is 4.98 Å². The van der Waals surface area contributed by atoms with E-state index in [1.807, 2.05) is 5.51 Å². The number of hydrogen-bond donors (Lipinski definition) is 1. The van der Waals surface area contributed by atoms with E-state index in [4.69, 9.17) is 0 Å². The van der Waals surface area contributed by atoms with Gasteiger partial charge in [-0.3, -0.25) is 0 Å². The minimum atomic E-state index is 0.449. The zero-order valence-electron chi connectivity index (χ0n) is 11.7.